The van der Waals surface area contributed by atoms with Crippen LogP contribution in [0.25, 0.3) is 21.5 Å². The van der Waals surface area contributed by atoms with E-state index in [4.69, 9.17) is 23.7 Å². The summed E-state index contributed by atoms with van der Waals surface area (Å²) >= 11 is 0. The van der Waals surface area contributed by atoms with Crippen molar-refractivity contribution in [1.29, 1.82) is 0 Å². The predicted molar refractivity (Wildman–Crippen MR) is 103 cm³/mol. The number of carbonyl (C=O) groups excluding carboxylic acids is 2. The Balaban J connectivity index is 2.34. The predicted octanol–water partition coefficient (Wildman–Crippen LogP) is 5.07. The summed E-state index contributed by atoms with van der Waals surface area (Å²) in [5.74, 6) is 1.01. The van der Waals surface area contributed by atoms with Crippen LogP contribution in [0.2, 0.25) is 0 Å². The van der Waals surface area contributed by atoms with Crippen molar-refractivity contribution >= 4 is 33.9 Å². The minimum atomic E-state index is -0.834. The molecule has 0 aliphatic rings. The van der Waals surface area contributed by atoms with Crippen LogP contribution in [0, 0.1) is 0 Å². The maximum absolute atomic E-state index is 12.1. The Morgan fingerprint density at radius 1 is 0.750 bits per heavy atom. The van der Waals surface area contributed by atoms with Crippen molar-refractivity contribution in [1.82, 2.24) is 0 Å². The van der Waals surface area contributed by atoms with Gasteiger partial charge in [-0.2, -0.15) is 0 Å². The summed E-state index contributed by atoms with van der Waals surface area (Å²) in [6, 6.07) is 12.3. The summed E-state index contributed by atoms with van der Waals surface area (Å²) in [6.45, 7) is 3.74. The van der Waals surface area contributed by atoms with Crippen LogP contribution >= 0.6 is 0 Å². The maximum Gasteiger partial charge on any atom is 0.513 e. The van der Waals surface area contributed by atoms with Crippen molar-refractivity contribution in [2.24, 2.45) is 0 Å². The summed E-state index contributed by atoms with van der Waals surface area (Å²) in [5.41, 5.74) is 0. The lowest BCUT2D eigenvalue weighted by Gasteiger charge is -2.17. The normalized spacial score (nSPS) is 10.5. The minimum absolute atomic E-state index is 0.176. The monoisotopic (exact) mass is 384 g/mol. The fourth-order valence-electron chi connectivity index (χ4n) is 2.96. The lowest BCUT2D eigenvalue weighted by molar-refractivity contribution is 0.103. The second-order valence-corrected chi connectivity index (χ2v) is 5.66. The van der Waals surface area contributed by atoms with Crippen LogP contribution in [0.5, 0.6) is 17.2 Å². The molecule has 0 aromatic heterocycles. The summed E-state index contributed by atoms with van der Waals surface area (Å²) in [6.07, 6.45) is -1.66. The number of benzene rings is 3. The first-order valence-corrected chi connectivity index (χ1v) is 8.81. The first-order valence-electron chi connectivity index (χ1n) is 8.81. The molecule has 3 aromatic rings. The first kappa shape index (κ1) is 19.3. The summed E-state index contributed by atoms with van der Waals surface area (Å²) in [7, 11) is 1.50. The summed E-state index contributed by atoms with van der Waals surface area (Å²) in [5, 5.41) is 2.16. The van der Waals surface area contributed by atoms with E-state index in [0.29, 0.717) is 33.0 Å². The van der Waals surface area contributed by atoms with Crippen LogP contribution in [-0.2, 0) is 9.47 Å². The highest BCUT2D eigenvalue weighted by Gasteiger charge is 2.23. The first-order chi connectivity index (χ1) is 13.6. The molecule has 146 valence electrons. The molecule has 0 fully saturated rings. The Labute approximate surface area is 161 Å². The second kappa shape index (κ2) is 8.47. The van der Waals surface area contributed by atoms with Gasteiger partial charge in [0.15, 0.2) is 11.5 Å². The molecular formula is C21H20O7. The van der Waals surface area contributed by atoms with Crippen LogP contribution < -0.4 is 14.2 Å². The minimum Gasteiger partial charge on any atom is -0.496 e. The molecule has 0 N–H and O–H groups in total. The second-order valence-electron chi connectivity index (χ2n) is 5.66. The third kappa shape index (κ3) is 3.64. The molecule has 28 heavy (non-hydrogen) atoms. The molecule has 3 aromatic carbocycles. The molecule has 0 unspecified atom stereocenters. The van der Waals surface area contributed by atoms with E-state index in [2.05, 4.69) is 0 Å². The molecule has 0 aliphatic heterocycles. The van der Waals surface area contributed by atoms with Gasteiger partial charge in [-0.05, 0) is 19.9 Å². The van der Waals surface area contributed by atoms with Crippen LogP contribution in [0.15, 0.2) is 42.5 Å². The summed E-state index contributed by atoms with van der Waals surface area (Å²) < 4.78 is 26.3. The van der Waals surface area contributed by atoms with Gasteiger partial charge in [-0.25, -0.2) is 9.59 Å². The average molecular weight is 384 g/mol. The van der Waals surface area contributed by atoms with Gasteiger partial charge >= 0.3 is 12.3 Å². The molecule has 0 amide bonds. The lowest BCUT2D eigenvalue weighted by Crippen LogP contribution is -2.13. The Hall–Kier alpha value is -3.48. The standard InChI is InChI=1S/C21H20O7/c1-4-25-20(22)27-18-13-9-6-7-10-14(13)19(28-21(23)26-5-2)17-15(18)11-8-12-16(17)24-3/h6-12H,4-5H2,1-3H3. The number of hydrogen-bond acceptors (Lipinski definition) is 7. The highest BCUT2D eigenvalue weighted by atomic mass is 16.7. The number of hydrogen-bond donors (Lipinski definition) is 0. The Morgan fingerprint density at radius 2 is 1.29 bits per heavy atom. The van der Waals surface area contributed by atoms with Gasteiger partial charge in [0.25, 0.3) is 0 Å². The molecule has 7 nitrogen and oxygen atoms in total. The van der Waals surface area contributed by atoms with E-state index in [1.807, 2.05) is 0 Å². The van der Waals surface area contributed by atoms with E-state index in [-0.39, 0.29) is 19.0 Å². The molecule has 0 heterocycles. The topological polar surface area (TPSA) is 80.3 Å². The molecule has 0 saturated carbocycles. The smallest absolute Gasteiger partial charge is 0.496 e. The molecule has 3 rings (SSSR count). The summed E-state index contributed by atoms with van der Waals surface area (Å²) in [4.78, 5) is 24.1. The van der Waals surface area contributed by atoms with E-state index in [1.54, 1.807) is 56.3 Å². The number of fused-ring (bicyclic) bond motifs is 2. The zero-order chi connectivity index (χ0) is 20.1. The highest BCUT2D eigenvalue weighted by Crippen LogP contribution is 2.46. The van der Waals surface area contributed by atoms with E-state index < -0.39 is 12.3 Å². The van der Waals surface area contributed by atoms with Crippen LogP contribution in [-0.4, -0.2) is 32.6 Å². The largest absolute Gasteiger partial charge is 0.513 e. The zero-order valence-electron chi connectivity index (χ0n) is 15.8. The number of carbonyl (C=O) groups is 2. The van der Waals surface area contributed by atoms with Crippen molar-refractivity contribution in [2.75, 3.05) is 20.3 Å². The Morgan fingerprint density at radius 3 is 1.86 bits per heavy atom. The van der Waals surface area contributed by atoms with E-state index in [1.165, 1.54) is 7.11 Å². The quantitative estimate of drug-likeness (QED) is 0.345. The van der Waals surface area contributed by atoms with Crippen molar-refractivity contribution in [3.8, 4) is 17.2 Å². The number of ether oxygens (including phenoxy) is 5. The van der Waals surface area contributed by atoms with Gasteiger partial charge in [0, 0.05) is 16.2 Å². The van der Waals surface area contributed by atoms with Gasteiger partial charge in [0.05, 0.1) is 25.7 Å². The number of rotatable bonds is 5. The Bertz CT molecular complexity index is 1030. The van der Waals surface area contributed by atoms with Crippen LogP contribution in [0.1, 0.15) is 13.8 Å². The molecule has 0 bridgehead atoms. The van der Waals surface area contributed by atoms with Gasteiger partial charge in [-0.1, -0.05) is 36.4 Å². The fourth-order valence-corrected chi connectivity index (χ4v) is 2.96. The third-order valence-electron chi connectivity index (χ3n) is 4.03. The maximum atomic E-state index is 12.1. The van der Waals surface area contributed by atoms with Crippen LogP contribution in [0.4, 0.5) is 9.59 Å². The molecule has 0 spiro atoms. The Kier molecular flexibility index (Phi) is 5.84. The van der Waals surface area contributed by atoms with Gasteiger partial charge in [-0.3, -0.25) is 0 Å². The molecule has 0 aliphatic carbocycles. The van der Waals surface area contributed by atoms with Crippen LogP contribution in [0.3, 0.4) is 0 Å². The van der Waals surface area contributed by atoms with E-state index >= 15 is 0 Å². The molecule has 0 saturated heterocycles. The molecule has 0 atom stereocenters. The third-order valence-corrected chi connectivity index (χ3v) is 4.03. The van der Waals surface area contributed by atoms with Crippen molar-refractivity contribution in [2.45, 2.75) is 13.8 Å². The van der Waals surface area contributed by atoms with Crippen molar-refractivity contribution in [3.63, 3.8) is 0 Å². The molecule has 0 radical (unpaired) electrons. The zero-order valence-corrected chi connectivity index (χ0v) is 15.8. The highest BCUT2D eigenvalue weighted by molar-refractivity contribution is 6.14. The van der Waals surface area contributed by atoms with E-state index in [9.17, 15) is 9.59 Å². The average Bonchev–Trinajstić information content (AvgIpc) is 2.70. The van der Waals surface area contributed by atoms with Gasteiger partial charge in [-0.15, -0.1) is 0 Å². The number of methoxy groups -OCH3 is 1. The fraction of sp³-hybridized carbons (Fsp3) is 0.238. The van der Waals surface area contributed by atoms with Crippen molar-refractivity contribution in [3.05, 3.63) is 42.5 Å². The molecular weight excluding hydrogens is 364 g/mol. The van der Waals surface area contributed by atoms with Gasteiger partial charge in [0.1, 0.15) is 5.75 Å². The van der Waals surface area contributed by atoms with Crippen molar-refractivity contribution < 1.29 is 33.3 Å². The molecule has 7 heteroatoms. The van der Waals surface area contributed by atoms with Gasteiger partial charge in [0.2, 0.25) is 0 Å². The SMILES string of the molecule is CCOC(=O)Oc1c2ccccc2c(OC(=O)OCC)c2c(OC)cccc12. The van der Waals surface area contributed by atoms with Gasteiger partial charge < -0.3 is 23.7 Å². The van der Waals surface area contributed by atoms with E-state index in [0.717, 1.165) is 0 Å². The lowest BCUT2D eigenvalue weighted by atomic mass is 10.00.